The minimum atomic E-state index is -0.0941. The Labute approximate surface area is 152 Å². The van der Waals surface area contributed by atoms with Crippen molar-refractivity contribution in [1.82, 2.24) is 15.1 Å². The Balaban J connectivity index is 1.84. The van der Waals surface area contributed by atoms with Crippen LogP contribution in [-0.4, -0.2) is 21.4 Å². The molecule has 1 unspecified atom stereocenters. The fourth-order valence-corrected chi connectivity index (χ4v) is 4.08. The molecule has 128 valence electrons. The Bertz CT molecular complexity index is 779. The first-order valence-electron chi connectivity index (χ1n) is 8.03. The normalized spacial score (nSPS) is 17.5. The van der Waals surface area contributed by atoms with Crippen molar-refractivity contribution in [2.75, 3.05) is 5.75 Å². The van der Waals surface area contributed by atoms with E-state index in [1.54, 1.807) is 4.68 Å². The zero-order valence-corrected chi connectivity index (χ0v) is 16.0. The maximum atomic E-state index is 12.8. The van der Waals surface area contributed by atoms with Gasteiger partial charge in [-0.25, -0.2) is 0 Å². The van der Waals surface area contributed by atoms with Gasteiger partial charge in [0.1, 0.15) is 5.69 Å². The number of aromatic nitrogens is 2. The summed E-state index contributed by atoms with van der Waals surface area (Å²) in [6.07, 6.45) is 0.897. The molecule has 2 aromatic rings. The molecule has 0 saturated heterocycles. The molecule has 0 saturated carbocycles. The third-order valence-corrected chi connectivity index (χ3v) is 5.56. The van der Waals surface area contributed by atoms with Crippen LogP contribution in [0.15, 0.2) is 29.2 Å². The standard InChI is InChI=1S/C18H22ClN3OS/c1-18(2,3)16-10-14(22(4)21-16)17(23)20-13-7-8-24-15-6-5-11(19)9-12(13)15/h5-6,9-10,13H,7-8H2,1-4H3,(H,20,23). The molecule has 0 spiro atoms. The van der Waals surface area contributed by atoms with Gasteiger partial charge in [-0.15, -0.1) is 11.8 Å². The molecule has 1 aliphatic heterocycles. The molecule has 1 aromatic carbocycles. The van der Waals surface area contributed by atoms with Gasteiger partial charge in [0.2, 0.25) is 0 Å². The van der Waals surface area contributed by atoms with Crippen LogP contribution in [0.5, 0.6) is 0 Å². The second-order valence-electron chi connectivity index (χ2n) is 7.13. The van der Waals surface area contributed by atoms with Gasteiger partial charge in [0, 0.05) is 28.1 Å². The van der Waals surface area contributed by atoms with Crippen molar-refractivity contribution in [2.24, 2.45) is 7.05 Å². The molecule has 1 atom stereocenters. The van der Waals surface area contributed by atoms with Gasteiger partial charge in [-0.05, 0) is 36.2 Å². The molecule has 1 N–H and O–H groups in total. The van der Waals surface area contributed by atoms with Gasteiger partial charge in [-0.2, -0.15) is 5.10 Å². The SMILES string of the molecule is Cn1nc(C(C)(C)C)cc1C(=O)NC1CCSc2ccc(Cl)cc21. The number of fused-ring (bicyclic) bond motifs is 1. The van der Waals surface area contributed by atoms with E-state index in [0.717, 1.165) is 23.4 Å². The molecule has 24 heavy (non-hydrogen) atoms. The van der Waals surface area contributed by atoms with Gasteiger partial charge in [-0.3, -0.25) is 9.48 Å². The van der Waals surface area contributed by atoms with Crippen molar-refractivity contribution in [2.45, 2.75) is 43.5 Å². The Hall–Kier alpha value is -1.46. The molecule has 3 rings (SSSR count). The van der Waals surface area contributed by atoms with Crippen molar-refractivity contribution in [3.63, 3.8) is 0 Å². The second-order valence-corrected chi connectivity index (χ2v) is 8.71. The zero-order valence-electron chi connectivity index (χ0n) is 14.4. The molecule has 1 aliphatic rings. The predicted octanol–water partition coefficient (Wildman–Crippen LogP) is 4.34. The summed E-state index contributed by atoms with van der Waals surface area (Å²) in [5.41, 5.74) is 2.52. The van der Waals surface area contributed by atoms with Crippen molar-refractivity contribution in [1.29, 1.82) is 0 Å². The van der Waals surface area contributed by atoms with Gasteiger partial charge in [0.15, 0.2) is 0 Å². The number of aryl methyl sites for hydroxylation is 1. The van der Waals surface area contributed by atoms with Crippen molar-refractivity contribution in [3.05, 3.63) is 46.2 Å². The van der Waals surface area contributed by atoms with Crippen molar-refractivity contribution in [3.8, 4) is 0 Å². The van der Waals surface area contributed by atoms with Crippen LogP contribution in [0, 0.1) is 0 Å². The van der Waals surface area contributed by atoms with Crippen LogP contribution in [0.4, 0.5) is 0 Å². The van der Waals surface area contributed by atoms with Crippen LogP contribution in [-0.2, 0) is 12.5 Å². The van der Waals surface area contributed by atoms with E-state index in [1.165, 1.54) is 4.90 Å². The summed E-state index contributed by atoms with van der Waals surface area (Å²) >= 11 is 7.95. The summed E-state index contributed by atoms with van der Waals surface area (Å²) in [5, 5.41) is 8.34. The quantitative estimate of drug-likeness (QED) is 0.863. The highest BCUT2D eigenvalue weighted by Crippen LogP contribution is 2.37. The number of nitrogens with zero attached hydrogens (tertiary/aromatic N) is 2. The summed E-state index contributed by atoms with van der Waals surface area (Å²) in [4.78, 5) is 13.9. The third kappa shape index (κ3) is 3.47. The summed E-state index contributed by atoms with van der Waals surface area (Å²) in [5.74, 6) is 0.890. The summed E-state index contributed by atoms with van der Waals surface area (Å²) in [6.45, 7) is 6.27. The van der Waals surface area contributed by atoms with E-state index >= 15 is 0 Å². The number of hydrogen-bond acceptors (Lipinski definition) is 3. The van der Waals surface area contributed by atoms with Gasteiger partial charge in [0.05, 0.1) is 11.7 Å². The van der Waals surface area contributed by atoms with Crippen molar-refractivity contribution >= 4 is 29.3 Å². The molecule has 4 nitrogen and oxygen atoms in total. The van der Waals surface area contributed by atoms with E-state index in [4.69, 9.17) is 11.6 Å². The molecule has 0 bridgehead atoms. The Morgan fingerprint density at radius 1 is 1.38 bits per heavy atom. The number of nitrogens with one attached hydrogen (secondary N) is 1. The van der Waals surface area contributed by atoms with Crippen molar-refractivity contribution < 1.29 is 4.79 Å². The first kappa shape index (κ1) is 17.4. The van der Waals surface area contributed by atoms with E-state index in [-0.39, 0.29) is 17.4 Å². The second kappa shape index (κ2) is 6.45. The molecule has 2 heterocycles. The van der Waals surface area contributed by atoms with Crippen LogP contribution >= 0.6 is 23.4 Å². The van der Waals surface area contributed by atoms with Crippen LogP contribution in [0.3, 0.4) is 0 Å². The van der Waals surface area contributed by atoms with Gasteiger partial charge >= 0.3 is 0 Å². The number of carbonyl (C=O) groups excluding carboxylic acids is 1. The highest BCUT2D eigenvalue weighted by molar-refractivity contribution is 7.99. The number of amides is 1. The molecule has 0 fully saturated rings. The number of halogens is 1. The smallest absolute Gasteiger partial charge is 0.270 e. The van der Waals surface area contributed by atoms with E-state index in [1.807, 2.05) is 43.1 Å². The molecular weight excluding hydrogens is 342 g/mol. The fourth-order valence-electron chi connectivity index (χ4n) is 2.79. The van der Waals surface area contributed by atoms with Crippen LogP contribution in [0.1, 0.15) is 55.0 Å². The lowest BCUT2D eigenvalue weighted by Gasteiger charge is -2.26. The highest BCUT2D eigenvalue weighted by atomic mass is 35.5. The molecule has 0 radical (unpaired) electrons. The average Bonchev–Trinajstić information content (AvgIpc) is 2.90. The lowest BCUT2D eigenvalue weighted by Crippen LogP contribution is -2.31. The topological polar surface area (TPSA) is 46.9 Å². The van der Waals surface area contributed by atoms with E-state index in [2.05, 4.69) is 31.2 Å². The molecular formula is C18H22ClN3OS. The lowest BCUT2D eigenvalue weighted by molar-refractivity contribution is 0.0925. The highest BCUT2D eigenvalue weighted by Gasteiger charge is 2.26. The van der Waals surface area contributed by atoms with Gasteiger partial charge < -0.3 is 5.32 Å². The van der Waals surface area contributed by atoms with Gasteiger partial charge in [0.25, 0.3) is 5.91 Å². The van der Waals surface area contributed by atoms with E-state index in [0.29, 0.717) is 10.7 Å². The van der Waals surface area contributed by atoms with Crippen LogP contribution in [0.25, 0.3) is 0 Å². The first-order valence-corrected chi connectivity index (χ1v) is 9.39. The summed E-state index contributed by atoms with van der Waals surface area (Å²) < 4.78 is 1.66. The fraction of sp³-hybridized carbons (Fsp3) is 0.444. The minimum absolute atomic E-state index is 0.0135. The Morgan fingerprint density at radius 2 is 2.12 bits per heavy atom. The molecule has 0 aliphatic carbocycles. The molecule has 1 amide bonds. The Morgan fingerprint density at radius 3 is 2.79 bits per heavy atom. The monoisotopic (exact) mass is 363 g/mol. The summed E-state index contributed by atoms with van der Waals surface area (Å²) in [6, 6.07) is 7.75. The maximum Gasteiger partial charge on any atom is 0.270 e. The molecule has 6 heteroatoms. The number of rotatable bonds is 2. The maximum absolute atomic E-state index is 12.8. The first-order chi connectivity index (χ1) is 11.3. The number of benzene rings is 1. The molecule has 1 aromatic heterocycles. The largest absolute Gasteiger partial charge is 0.344 e. The number of thioether (sulfide) groups is 1. The van der Waals surface area contributed by atoms with E-state index < -0.39 is 0 Å². The summed E-state index contributed by atoms with van der Waals surface area (Å²) in [7, 11) is 1.81. The lowest BCUT2D eigenvalue weighted by atomic mass is 9.92. The zero-order chi connectivity index (χ0) is 17.5. The number of carbonyl (C=O) groups is 1. The predicted molar refractivity (Wildman–Crippen MR) is 98.9 cm³/mol. The van der Waals surface area contributed by atoms with Crippen LogP contribution in [0.2, 0.25) is 5.02 Å². The van der Waals surface area contributed by atoms with Gasteiger partial charge in [-0.1, -0.05) is 32.4 Å². The Kier molecular flexibility index (Phi) is 4.67. The minimum Gasteiger partial charge on any atom is -0.344 e. The average molecular weight is 364 g/mol. The van der Waals surface area contributed by atoms with E-state index in [9.17, 15) is 4.79 Å². The third-order valence-electron chi connectivity index (χ3n) is 4.20. The number of hydrogen-bond donors (Lipinski definition) is 1. The van der Waals surface area contributed by atoms with Crippen LogP contribution < -0.4 is 5.32 Å².